The molecule has 21 heavy (non-hydrogen) atoms. The molecule has 0 aromatic rings. The molecule has 1 saturated carbocycles. The number of amides is 3. The maximum atomic E-state index is 11.7. The van der Waals surface area contributed by atoms with Crippen molar-refractivity contribution in [2.75, 3.05) is 13.1 Å². The van der Waals surface area contributed by atoms with Crippen molar-refractivity contribution in [1.82, 2.24) is 16.0 Å². The largest absolute Gasteiger partial charge is 0.480 e. The number of rotatable bonds is 8. The first kappa shape index (κ1) is 17.3. The highest BCUT2D eigenvalue weighted by atomic mass is 16.4. The molecular formula is C14H25N3O4. The van der Waals surface area contributed by atoms with Crippen molar-refractivity contribution in [3.05, 3.63) is 0 Å². The number of hydrogen-bond acceptors (Lipinski definition) is 3. The number of urea groups is 1. The average Bonchev–Trinajstić information content (AvgIpc) is 3.20. The highest BCUT2D eigenvalue weighted by molar-refractivity contribution is 5.86. The molecule has 1 atom stereocenters. The van der Waals surface area contributed by atoms with Crippen LogP contribution < -0.4 is 16.0 Å². The molecule has 0 saturated heterocycles. The minimum absolute atomic E-state index is 0.0184. The summed E-state index contributed by atoms with van der Waals surface area (Å²) in [5, 5.41) is 17.0. The van der Waals surface area contributed by atoms with Crippen molar-refractivity contribution in [1.29, 1.82) is 0 Å². The van der Waals surface area contributed by atoms with Crippen molar-refractivity contribution in [3.63, 3.8) is 0 Å². The van der Waals surface area contributed by atoms with Gasteiger partial charge in [0, 0.05) is 19.5 Å². The van der Waals surface area contributed by atoms with Crippen LogP contribution in [0.4, 0.5) is 4.79 Å². The second-order valence-electron chi connectivity index (χ2n) is 6.11. The molecule has 1 aliphatic carbocycles. The Hall–Kier alpha value is -1.79. The van der Waals surface area contributed by atoms with E-state index in [0.29, 0.717) is 12.5 Å². The lowest BCUT2D eigenvalue weighted by Crippen LogP contribution is -2.56. The number of hydrogen-bond donors (Lipinski definition) is 4. The third kappa shape index (κ3) is 5.61. The van der Waals surface area contributed by atoms with Crippen molar-refractivity contribution in [3.8, 4) is 0 Å². The second-order valence-corrected chi connectivity index (χ2v) is 6.11. The number of carboxylic acids is 1. The summed E-state index contributed by atoms with van der Waals surface area (Å²) in [6, 6.07) is -0.552. The molecule has 1 rings (SSSR count). The van der Waals surface area contributed by atoms with Crippen LogP contribution in [0.2, 0.25) is 0 Å². The van der Waals surface area contributed by atoms with Crippen LogP contribution in [-0.4, -0.2) is 41.6 Å². The minimum Gasteiger partial charge on any atom is -0.480 e. The number of aliphatic carboxylic acids is 1. The van der Waals surface area contributed by atoms with Gasteiger partial charge in [-0.25, -0.2) is 9.59 Å². The van der Waals surface area contributed by atoms with E-state index >= 15 is 0 Å². The predicted molar refractivity (Wildman–Crippen MR) is 77.8 cm³/mol. The zero-order valence-electron chi connectivity index (χ0n) is 12.9. The van der Waals surface area contributed by atoms with E-state index in [9.17, 15) is 19.5 Å². The van der Waals surface area contributed by atoms with Crippen LogP contribution >= 0.6 is 0 Å². The van der Waals surface area contributed by atoms with Crippen LogP contribution in [0.15, 0.2) is 0 Å². The van der Waals surface area contributed by atoms with Crippen LogP contribution in [0.1, 0.15) is 40.0 Å². The van der Waals surface area contributed by atoms with E-state index in [4.69, 9.17) is 0 Å². The molecule has 7 heteroatoms. The molecule has 7 nitrogen and oxygen atoms in total. The van der Waals surface area contributed by atoms with E-state index in [1.165, 1.54) is 6.92 Å². The zero-order chi connectivity index (χ0) is 16.0. The maximum Gasteiger partial charge on any atom is 0.329 e. The van der Waals surface area contributed by atoms with E-state index in [-0.39, 0.29) is 24.8 Å². The summed E-state index contributed by atoms with van der Waals surface area (Å²) in [5.41, 5.74) is -1.23. The summed E-state index contributed by atoms with van der Waals surface area (Å²) in [5.74, 6) is -0.808. The molecule has 4 N–H and O–H groups in total. The molecule has 0 radical (unpaired) electrons. The first-order valence-electron chi connectivity index (χ1n) is 7.31. The van der Waals surface area contributed by atoms with Gasteiger partial charge < -0.3 is 21.1 Å². The highest BCUT2D eigenvalue weighted by Crippen LogP contribution is 2.39. The normalized spacial score (nSPS) is 17.0. The zero-order valence-corrected chi connectivity index (χ0v) is 12.9. The van der Waals surface area contributed by atoms with E-state index in [2.05, 4.69) is 16.0 Å². The van der Waals surface area contributed by atoms with Gasteiger partial charge in [-0.1, -0.05) is 13.8 Å². The molecule has 0 spiro atoms. The van der Waals surface area contributed by atoms with Gasteiger partial charge >= 0.3 is 12.0 Å². The Morgan fingerprint density at radius 2 is 1.86 bits per heavy atom. The van der Waals surface area contributed by atoms with E-state index in [1.54, 1.807) is 0 Å². The predicted octanol–water partition coefficient (Wildman–Crippen LogP) is 0.701. The standard InChI is InChI=1S/C14H25N3O4/c1-9(2)8-16-11(18)6-7-15-13(21)17-14(3,12(19)20)10-4-5-10/h9-10H,4-8H2,1-3H3,(H,16,18)(H,19,20)(H2,15,17,21). The molecular weight excluding hydrogens is 274 g/mol. The SMILES string of the molecule is CC(C)CNC(=O)CCNC(=O)NC(C)(C(=O)O)C1CC1. The van der Waals surface area contributed by atoms with Crippen LogP contribution in [0.5, 0.6) is 0 Å². The van der Waals surface area contributed by atoms with Gasteiger partial charge in [0.2, 0.25) is 5.91 Å². The fraction of sp³-hybridized carbons (Fsp3) is 0.786. The van der Waals surface area contributed by atoms with Crippen molar-refractivity contribution in [2.24, 2.45) is 11.8 Å². The monoisotopic (exact) mass is 299 g/mol. The van der Waals surface area contributed by atoms with Gasteiger partial charge in [-0.05, 0) is 31.6 Å². The van der Waals surface area contributed by atoms with E-state index in [1.807, 2.05) is 13.8 Å². The van der Waals surface area contributed by atoms with Gasteiger partial charge in [0.15, 0.2) is 0 Å². The third-order valence-corrected chi connectivity index (χ3v) is 3.56. The first-order chi connectivity index (χ1) is 9.75. The topological polar surface area (TPSA) is 108 Å². The molecule has 120 valence electrons. The fourth-order valence-corrected chi connectivity index (χ4v) is 1.97. The number of carboxylic acid groups (broad SMARTS) is 1. The summed E-state index contributed by atoms with van der Waals surface area (Å²) in [6.07, 6.45) is 1.79. The first-order valence-corrected chi connectivity index (χ1v) is 7.31. The summed E-state index contributed by atoms with van der Waals surface area (Å²) in [6.45, 7) is 6.29. The lowest BCUT2D eigenvalue weighted by molar-refractivity contribution is -0.144. The lowest BCUT2D eigenvalue weighted by Gasteiger charge is -2.26. The molecule has 0 bridgehead atoms. The van der Waals surface area contributed by atoms with Crippen molar-refractivity contribution < 1.29 is 19.5 Å². The molecule has 1 unspecified atom stereocenters. The van der Waals surface area contributed by atoms with Crippen LogP contribution in [0.3, 0.4) is 0 Å². The Kier molecular flexibility index (Phi) is 5.99. The lowest BCUT2D eigenvalue weighted by atomic mass is 9.96. The molecule has 0 aromatic carbocycles. The highest BCUT2D eigenvalue weighted by Gasteiger charge is 2.48. The molecule has 3 amide bonds. The van der Waals surface area contributed by atoms with Gasteiger partial charge in [-0.15, -0.1) is 0 Å². The molecule has 0 heterocycles. The van der Waals surface area contributed by atoms with Crippen molar-refractivity contribution >= 4 is 17.9 Å². The fourth-order valence-electron chi connectivity index (χ4n) is 1.97. The van der Waals surface area contributed by atoms with Crippen LogP contribution in [-0.2, 0) is 9.59 Å². The van der Waals surface area contributed by atoms with Gasteiger partial charge in [0.05, 0.1) is 0 Å². The molecule has 0 aliphatic heterocycles. The quantitative estimate of drug-likeness (QED) is 0.529. The number of carbonyl (C=O) groups is 3. The average molecular weight is 299 g/mol. The molecule has 0 aromatic heterocycles. The number of carbonyl (C=O) groups excluding carboxylic acids is 2. The summed E-state index contributed by atoms with van der Waals surface area (Å²) < 4.78 is 0. The number of nitrogens with one attached hydrogen (secondary N) is 3. The Balaban J connectivity index is 2.27. The maximum absolute atomic E-state index is 11.7. The summed E-state index contributed by atoms with van der Waals surface area (Å²) >= 11 is 0. The van der Waals surface area contributed by atoms with Crippen molar-refractivity contribution in [2.45, 2.75) is 45.6 Å². The smallest absolute Gasteiger partial charge is 0.329 e. The Bertz CT molecular complexity index is 407. The molecule has 1 fully saturated rings. The van der Waals surface area contributed by atoms with Gasteiger partial charge in [0.1, 0.15) is 5.54 Å². The Morgan fingerprint density at radius 3 is 2.33 bits per heavy atom. The minimum atomic E-state index is -1.23. The second kappa shape index (κ2) is 7.28. The summed E-state index contributed by atoms with van der Waals surface area (Å²) in [7, 11) is 0. The van der Waals surface area contributed by atoms with Crippen LogP contribution in [0, 0.1) is 11.8 Å². The van der Waals surface area contributed by atoms with E-state index < -0.39 is 17.5 Å². The van der Waals surface area contributed by atoms with Gasteiger partial charge in [0.25, 0.3) is 0 Å². The molecule has 1 aliphatic rings. The Labute approximate surface area is 124 Å². The van der Waals surface area contributed by atoms with Crippen LogP contribution in [0.25, 0.3) is 0 Å². The van der Waals surface area contributed by atoms with Gasteiger partial charge in [-0.2, -0.15) is 0 Å². The van der Waals surface area contributed by atoms with Gasteiger partial charge in [-0.3, -0.25) is 4.79 Å². The van der Waals surface area contributed by atoms with E-state index in [0.717, 1.165) is 12.8 Å². The third-order valence-electron chi connectivity index (χ3n) is 3.56. The Morgan fingerprint density at radius 1 is 1.24 bits per heavy atom. The summed E-state index contributed by atoms with van der Waals surface area (Å²) in [4.78, 5) is 34.5.